The summed E-state index contributed by atoms with van der Waals surface area (Å²) < 4.78 is 24.4. The van der Waals surface area contributed by atoms with E-state index in [1.54, 1.807) is 20.8 Å². The minimum Gasteiger partial charge on any atom is -0.288 e. The molecular weight excluding hydrogens is 223 g/mol. The zero-order valence-electron chi connectivity index (χ0n) is 9.40. The smallest absolute Gasteiger partial charge is 0.288 e. The molecule has 0 spiro atoms. The molecule has 0 aliphatic rings. The van der Waals surface area contributed by atoms with E-state index in [1.165, 1.54) is 0 Å². The van der Waals surface area contributed by atoms with Crippen LogP contribution in [-0.2, 0) is 28.0 Å². The zero-order valence-corrected chi connectivity index (χ0v) is 10.3. The SMILES string of the molecule is COP(=O)(OC)OOC(=O)C(C)=C(C)C. The Labute approximate surface area is 88.7 Å². The van der Waals surface area contributed by atoms with Crippen molar-refractivity contribution in [1.82, 2.24) is 0 Å². The van der Waals surface area contributed by atoms with E-state index in [-0.39, 0.29) is 0 Å². The van der Waals surface area contributed by atoms with Crippen LogP contribution < -0.4 is 0 Å². The van der Waals surface area contributed by atoms with E-state index in [4.69, 9.17) is 0 Å². The van der Waals surface area contributed by atoms with E-state index >= 15 is 0 Å². The predicted octanol–water partition coefficient (Wildman–Crippen LogP) is 2.22. The van der Waals surface area contributed by atoms with E-state index in [9.17, 15) is 9.36 Å². The Kier molecular flexibility index (Phi) is 5.75. The third-order valence-electron chi connectivity index (χ3n) is 1.71. The molecule has 0 fully saturated rings. The number of hydrogen-bond donors (Lipinski definition) is 0. The van der Waals surface area contributed by atoms with Gasteiger partial charge in [0.1, 0.15) is 0 Å². The lowest BCUT2D eigenvalue weighted by atomic mass is 10.2. The minimum absolute atomic E-state index is 0.369. The first kappa shape index (κ1) is 14.3. The largest absolute Gasteiger partial charge is 0.510 e. The average molecular weight is 238 g/mol. The maximum Gasteiger partial charge on any atom is 0.510 e. The van der Waals surface area contributed by atoms with E-state index in [2.05, 4.69) is 18.6 Å². The molecule has 0 bridgehead atoms. The van der Waals surface area contributed by atoms with Gasteiger partial charge in [0.25, 0.3) is 0 Å². The number of carbonyl (C=O) groups excluding carboxylic acids is 1. The van der Waals surface area contributed by atoms with Gasteiger partial charge in [0.05, 0.1) is 0 Å². The number of carbonyl (C=O) groups is 1. The van der Waals surface area contributed by atoms with Gasteiger partial charge >= 0.3 is 13.8 Å². The number of hydrogen-bond acceptors (Lipinski definition) is 6. The third kappa shape index (κ3) is 4.57. The molecule has 0 aliphatic carbocycles. The highest BCUT2D eigenvalue weighted by Gasteiger charge is 2.27. The fraction of sp³-hybridized carbons (Fsp3) is 0.625. The summed E-state index contributed by atoms with van der Waals surface area (Å²) in [7, 11) is -1.54. The first-order chi connectivity index (χ1) is 6.86. The highest BCUT2D eigenvalue weighted by Crippen LogP contribution is 2.47. The van der Waals surface area contributed by atoms with E-state index in [0.717, 1.165) is 19.8 Å². The van der Waals surface area contributed by atoms with Gasteiger partial charge in [0.15, 0.2) is 0 Å². The van der Waals surface area contributed by atoms with E-state index in [0.29, 0.717) is 5.57 Å². The quantitative estimate of drug-likeness (QED) is 0.316. The van der Waals surface area contributed by atoms with Crippen molar-refractivity contribution in [2.45, 2.75) is 20.8 Å². The van der Waals surface area contributed by atoms with E-state index < -0.39 is 13.8 Å². The Bertz CT molecular complexity index is 296. The van der Waals surface area contributed by atoms with Gasteiger partial charge in [-0.05, 0) is 20.8 Å². The van der Waals surface area contributed by atoms with Crippen molar-refractivity contribution < 1.29 is 28.0 Å². The van der Waals surface area contributed by atoms with Crippen LogP contribution in [0, 0.1) is 0 Å². The van der Waals surface area contributed by atoms with Crippen LogP contribution in [0.2, 0.25) is 0 Å². The first-order valence-electron chi connectivity index (χ1n) is 4.12. The lowest BCUT2D eigenvalue weighted by Gasteiger charge is -2.11. The van der Waals surface area contributed by atoms with Crippen molar-refractivity contribution >= 4 is 13.8 Å². The molecule has 15 heavy (non-hydrogen) atoms. The van der Waals surface area contributed by atoms with Crippen LogP contribution in [0.4, 0.5) is 0 Å². The second-order valence-electron chi connectivity index (χ2n) is 2.88. The molecule has 88 valence electrons. The molecule has 0 aromatic rings. The van der Waals surface area contributed by atoms with Gasteiger partial charge in [-0.1, -0.05) is 10.2 Å². The van der Waals surface area contributed by atoms with Crippen molar-refractivity contribution in [3.8, 4) is 0 Å². The standard InChI is InChI=1S/C8H15O6P/c1-6(2)7(3)8(9)13-14-15(10,11-4)12-5/h1-5H3. The molecule has 0 aromatic heterocycles. The molecule has 0 unspecified atom stereocenters. The summed E-state index contributed by atoms with van der Waals surface area (Å²) in [6.07, 6.45) is 0. The van der Waals surface area contributed by atoms with Crippen molar-refractivity contribution in [3.63, 3.8) is 0 Å². The van der Waals surface area contributed by atoms with Crippen LogP contribution in [0.3, 0.4) is 0 Å². The fourth-order valence-electron chi connectivity index (χ4n) is 0.482. The Morgan fingerprint density at radius 1 is 1.07 bits per heavy atom. The summed E-state index contributed by atoms with van der Waals surface area (Å²) in [5.41, 5.74) is 1.14. The molecule has 0 heterocycles. The molecular formula is C8H15O6P. The highest BCUT2D eigenvalue weighted by atomic mass is 31.2. The summed E-state index contributed by atoms with van der Waals surface area (Å²) in [4.78, 5) is 15.5. The summed E-state index contributed by atoms with van der Waals surface area (Å²) in [5, 5.41) is 0. The monoisotopic (exact) mass is 238 g/mol. The lowest BCUT2D eigenvalue weighted by Crippen LogP contribution is -2.08. The van der Waals surface area contributed by atoms with Gasteiger partial charge in [0.2, 0.25) is 0 Å². The van der Waals surface area contributed by atoms with Crippen LogP contribution in [0.25, 0.3) is 0 Å². The van der Waals surface area contributed by atoms with Gasteiger partial charge in [-0.2, -0.15) is 0 Å². The highest BCUT2D eigenvalue weighted by molar-refractivity contribution is 7.48. The number of phosphoric ester groups is 1. The molecule has 0 aliphatic heterocycles. The summed E-state index contributed by atoms with van der Waals surface area (Å²) >= 11 is 0. The second-order valence-corrected chi connectivity index (χ2v) is 4.66. The topological polar surface area (TPSA) is 71.1 Å². The van der Waals surface area contributed by atoms with Crippen molar-refractivity contribution in [1.29, 1.82) is 0 Å². The lowest BCUT2D eigenvalue weighted by molar-refractivity contribution is -0.219. The summed E-state index contributed by atoms with van der Waals surface area (Å²) in [6.45, 7) is 5.04. The van der Waals surface area contributed by atoms with Crippen LogP contribution in [0.15, 0.2) is 11.1 Å². The van der Waals surface area contributed by atoms with Crippen molar-refractivity contribution in [2.24, 2.45) is 0 Å². The molecule has 0 saturated heterocycles. The second kappa shape index (κ2) is 6.02. The molecule has 0 aromatic carbocycles. The van der Waals surface area contributed by atoms with Crippen LogP contribution in [0.1, 0.15) is 20.8 Å². The molecule has 6 nitrogen and oxygen atoms in total. The maximum atomic E-state index is 11.3. The molecule has 0 N–H and O–H groups in total. The molecule has 0 saturated carbocycles. The molecule has 0 amide bonds. The third-order valence-corrected chi connectivity index (χ3v) is 2.86. The average Bonchev–Trinajstić information content (AvgIpc) is 2.24. The summed E-state index contributed by atoms with van der Waals surface area (Å²) in [5.74, 6) is -0.732. The normalized spacial score (nSPS) is 11.0. The number of phosphoric acid groups is 1. The van der Waals surface area contributed by atoms with Gasteiger partial charge in [0, 0.05) is 19.8 Å². The van der Waals surface area contributed by atoms with Crippen molar-refractivity contribution in [2.75, 3.05) is 14.2 Å². The Morgan fingerprint density at radius 3 is 1.87 bits per heavy atom. The zero-order chi connectivity index (χ0) is 12.1. The Morgan fingerprint density at radius 2 is 1.53 bits per heavy atom. The van der Waals surface area contributed by atoms with E-state index in [1.807, 2.05) is 0 Å². The van der Waals surface area contributed by atoms with Gasteiger partial charge < -0.3 is 0 Å². The van der Waals surface area contributed by atoms with Crippen LogP contribution >= 0.6 is 7.82 Å². The molecule has 7 heteroatoms. The summed E-state index contributed by atoms with van der Waals surface area (Å²) in [6, 6.07) is 0. The first-order valence-corrected chi connectivity index (χ1v) is 5.58. The minimum atomic E-state index is -3.77. The molecule has 0 rings (SSSR count). The fourth-order valence-corrected chi connectivity index (χ4v) is 0.911. The molecule has 0 atom stereocenters. The predicted molar refractivity (Wildman–Crippen MR) is 52.8 cm³/mol. The van der Waals surface area contributed by atoms with Gasteiger partial charge in [-0.15, -0.1) is 0 Å². The molecule has 0 radical (unpaired) electrons. The number of rotatable bonds is 5. The van der Waals surface area contributed by atoms with Crippen molar-refractivity contribution in [3.05, 3.63) is 11.1 Å². The Hall–Kier alpha value is -0.680. The van der Waals surface area contributed by atoms with Gasteiger partial charge in [-0.3, -0.25) is 13.9 Å². The van der Waals surface area contributed by atoms with Gasteiger partial charge in [-0.25, -0.2) is 9.36 Å². The van der Waals surface area contributed by atoms with Crippen LogP contribution in [0.5, 0.6) is 0 Å². The maximum absolute atomic E-state index is 11.3. The van der Waals surface area contributed by atoms with Crippen LogP contribution in [-0.4, -0.2) is 20.2 Å². The Balaban J connectivity index is 4.36. The number of allylic oxidation sites excluding steroid dienone is 1.